The minimum absolute atomic E-state index is 0.0518. The number of carbonyl (C=O) groups is 2. The molecule has 0 saturated carbocycles. The van der Waals surface area contributed by atoms with Gasteiger partial charge in [-0.2, -0.15) is 0 Å². The Balaban J connectivity index is 2.05. The van der Waals surface area contributed by atoms with Crippen molar-refractivity contribution in [2.24, 2.45) is 0 Å². The van der Waals surface area contributed by atoms with Crippen molar-refractivity contribution in [2.75, 3.05) is 17.2 Å². The number of hydrogen-bond donors (Lipinski definition) is 2. The Kier molecular flexibility index (Phi) is 6.35. The Morgan fingerprint density at radius 3 is 2.79 bits per heavy atom. The van der Waals surface area contributed by atoms with Crippen LogP contribution in [0.1, 0.15) is 39.5 Å². The number of hydrogen-bond acceptors (Lipinski definition) is 2. The van der Waals surface area contributed by atoms with E-state index in [1.165, 1.54) is 18.2 Å². The number of halogens is 1. The highest BCUT2D eigenvalue weighted by atomic mass is 19.1. The zero-order valence-corrected chi connectivity index (χ0v) is 14.1. The van der Waals surface area contributed by atoms with Gasteiger partial charge >= 0.3 is 6.03 Å². The molecule has 1 aromatic rings. The number of nitrogens with one attached hydrogen (secondary N) is 2. The van der Waals surface area contributed by atoms with Crippen LogP contribution in [0.2, 0.25) is 0 Å². The van der Waals surface area contributed by atoms with Crippen LogP contribution < -0.4 is 10.6 Å². The van der Waals surface area contributed by atoms with E-state index < -0.39 is 5.82 Å². The molecule has 1 atom stereocenters. The van der Waals surface area contributed by atoms with Crippen LogP contribution in [0, 0.1) is 5.82 Å². The Hall–Kier alpha value is -2.37. The third kappa shape index (κ3) is 4.57. The molecular formula is C18H24FN3O2. The average molecular weight is 333 g/mol. The standard InChI is InChI=1S/C18H24FN3O2/c1-3-5-7-14-8-6-11-22(14)18(24)21-16-12-13(9-10-15(16)19)20-17(23)4-2/h6,8-10,12,14H,3-5,7,11H2,1-2H3,(H,20,23)(H,21,24). The van der Waals surface area contributed by atoms with E-state index in [2.05, 4.69) is 17.6 Å². The molecule has 1 unspecified atom stereocenters. The van der Waals surface area contributed by atoms with E-state index in [-0.39, 0.29) is 23.7 Å². The molecule has 1 aliphatic heterocycles. The van der Waals surface area contributed by atoms with Gasteiger partial charge in [0.25, 0.3) is 0 Å². The maximum absolute atomic E-state index is 14.0. The highest BCUT2D eigenvalue weighted by Crippen LogP contribution is 2.22. The summed E-state index contributed by atoms with van der Waals surface area (Å²) in [7, 11) is 0. The van der Waals surface area contributed by atoms with Crippen LogP contribution in [0.5, 0.6) is 0 Å². The first-order valence-corrected chi connectivity index (χ1v) is 8.38. The average Bonchev–Trinajstić information content (AvgIpc) is 3.04. The lowest BCUT2D eigenvalue weighted by molar-refractivity contribution is -0.115. The fourth-order valence-corrected chi connectivity index (χ4v) is 2.60. The van der Waals surface area contributed by atoms with Crippen LogP contribution in [0.25, 0.3) is 0 Å². The summed E-state index contributed by atoms with van der Waals surface area (Å²) in [4.78, 5) is 25.6. The van der Waals surface area contributed by atoms with Gasteiger partial charge in [-0.3, -0.25) is 4.79 Å². The number of rotatable bonds is 6. The minimum Gasteiger partial charge on any atom is -0.326 e. The molecule has 0 spiro atoms. The zero-order chi connectivity index (χ0) is 17.5. The van der Waals surface area contributed by atoms with Gasteiger partial charge in [0.2, 0.25) is 5.91 Å². The van der Waals surface area contributed by atoms with Crippen molar-refractivity contribution in [1.82, 2.24) is 4.90 Å². The molecule has 0 bridgehead atoms. The van der Waals surface area contributed by atoms with E-state index in [1.807, 2.05) is 12.2 Å². The van der Waals surface area contributed by atoms with Gasteiger partial charge in [-0.05, 0) is 24.6 Å². The molecule has 24 heavy (non-hydrogen) atoms. The number of carbonyl (C=O) groups excluding carboxylic acids is 2. The molecule has 1 heterocycles. The van der Waals surface area contributed by atoms with Gasteiger partial charge in [0.1, 0.15) is 5.82 Å². The molecule has 0 fully saturated rings. The van der Waals surface area contributed by atoms with Crippen LogP contribution in [-0.2, 0) is 4.79 Å². The molecule has 3 amide bonds. The molecule has 1 aromatic carbocycles. The lowest BCUT2D eigenvalue weighted by Gasteiger charge is -2.25. The summed E-state index contributed by atoms with van der Waals surface area (Å²) in [6.07, 6.45) is 7.30. The number of unbranched alkanes of at least 4 members (excludes halogenated alkanes) is 1. The quantitative estimate of drug-likeness (QED) is 0.769. The summed E-state index contributed by atoms with van der Waals surface area (Å²) >= 11 is 0. The largest absolute Gasteiger partial charge is 0.326 e. The minimum atomic E-state index is -0.532. The SMILES string of the molecule is CCCCC1C=CCN1C(=O)Nc1cc(NC(=O)CC)ccc1F. The number of urea groups is 1. The molecule has 130 valence electrons. The number of nitrogens with zero attached hydrogens (tertiary/aromatic N) is 1. The third-order valence-electron chi connectivity index (χ3n) is 3.99. The summed E-state index contributed by atoms with van der Waals surface area (Å²) in [5.74, 6) is -0.697. The van der Waals surface area contributed by atoms with E-state index in [4.69, 9.17) is 0 Å². The Labute approximate surface area is 141 Å². The van der Waals surface area contributed by atoms with E-state index in [0.29, 0.717) is 18.7 Å². The monoisotopic (exact) mass is 333 g/mol. The molecule has 6 heteroatoms. The van der Waals surface area contributed by atoms with E-state index in [0.717, 1.165) is 19.3 Å². The van der Waals surface area contributed by atoms with Gasteiger partial charge in [-0.1, -0.05) is 38.8 Å². The predicted molar refractivity (Wildman–Crippen MR) is 93.5 cm³/mol. The van der Waals surface area contributed by atoms with Crippen LogP contribution in [-0.4, -0.2) is 29.4 Å². The summed E-state index contributed by atoms with van der Waals surface area (Å²) in [6.45, 7) is 4.36. The molecule has 5 nitrogen and oxygen atoms in total. The van der Waals surface area contributed by atoms with Crippen LogP contribution in [0.15, 0.2) is 30.4 Å². The van der Waals surface area contributed by atoms with E-state index in [9.17, 15) is 14.0 Å². The van der Waals surface area contributed by atoms with Gasteiger partial charge in [-0.15, -0.1) is 0 Å². The Morgan fingerprint density at radius 2 is 2.08 bits per heavy atom. The first-order chi connectivity index (χ1) is 11.5. The van der Waals surface area contributed by atoms with Gasteiger partial charge in [0.05, 0.1) is 11.7 Å². The van der Waals surface area contributed by atoms with E-state index in [1.54, 1.807) is 11.8 Å². The second-order valence-electron chi connectivity index (χ2n) is 5.82. The van der Waals surface area contributed by atoms with Crippen LogP contribution >= 0.6 is 0 Å². The van der Waals surface area contributed by atoms with Gasteiger partial charge in [-0.25, -0.2) is 9.18 Å². The first kappa shape index (κ1) is 18.0. The van der Waals surface area contributed by atoms with Crippen LogP contribution in [0.3, 0.4) is 0 Å². The fraction of sp³-hybridized carbons (Fsp3) is 0.444. The van der Waals surface area contributed by atoms with Crippen molar-refractivity contribution in [1.29, 1.82) is 0 Å². The maximum Gasteiger partial charge on any atom is 0.322 e. The smallest absolute Gasteiger partial charge is 0.322 e. The van der Waals surface area contributed by atoms with Crippen LogP contribution in [0.4, 0.5) is 20.6 Å². The molecule has 2 rings (SSSR count). The van der Waals surface area contributed by atoms with E-state index >= 15 is 0 Å². The van der Waals surface area contributed by atoms with Crippen molar-refractivity contribution >= 4 is 23.3 Å². The van der Waals surface area contributed by atoms with Crippen molar-refractivity contribution in [3.05, 3.63) is 36.2 Å². The number of amides is 3. The Bertz CT molecular complexity index is 631. The molecule has 0 saturated heterocycles. The molecule has 0 radical (unpaired) electrons. The lowest BCUT2D eigenvalue weighted by atomic mass is 10.1. The van der Waals surface area contributed by atoms with Crippen molar-refractivity contribution in [3.8, 4) is 0 Å². The zero-order valence-electron chi connectivity index (χ0n) is 14.1. The normalized spacial score (nSPS) is 16.3. The summed E-state index contributed by atoms with van der Waals surface area (Å²) in [5.41, 5.74) is 0.524. The fourth-order valence-electron chi connectivity index (χ4n) is 2.60. The van der Waals surface area contributed by atoms with Crippen molar-refractivity contribution in [2.45, 2.75) is 45.6 Å². The highest BCUT2D eigenvalue weighted by molar-refractivity contribution is 5.93. The summed E-state index contributed by atoms with van der Waals surface area (Å²) in [5, 5.41) is 5.27. The highest BCUT2D eigenvalue weighted by Gasteiger charge is 2.24. The van der Waals surface area contributed by atoms with Gasteiger partial charge in [0.15, 0.2) is 0 Å². The second-order valence-corrected chi connectivity index (χ2v) is 5.82. The number of anilines is 2. The third-order valence-corrected chi connectivity index (χ3v) is 3.99. The summed E-state index contributed by atoms with van der Waals surface area (Å²) < 4.78 is 14.0. The van der Waals surface area contributed by atoms with Gasteiger partial charge < -0.3 is 15.5 Å². The van der Waals surface area contributed by atoms with Crippen molar-refractivity contribution in [3.63, 3.8) is 0 Å². The molecule has 1 aliphatic rings. The first-order valence-electron chi connectivity index (χ1n) is 8.38. The molecule has 0 aliphatic carbocycles. The molecule has 2 N–H and O–H groups in total. The molecular weight excluding hydrogens is 309 g/mol. The van der Waals surface area contributed by atoms with Crippen molar-refractivity contribution < 1.29 is 14.0 Å². The second kappa shape index (κ2) is 8.47. The summed E-state index contributed by atoms with van der Waals surface area (Å²) in [6, 6.07) is 3.86. The lowest BCUT2D eigenvalue weighted by Crippen LogP contribution is -2.39. The predicted octanol–water partition coefficient (Wildman–Crippen LogP) is 4.14. The van der Waals surface area contributed by atoms with Gasteiger partial charge in [0, 0.05) is 18.7 Å². The maximum atomic E-state index is 14.0. The Morgan fingerprint density at radius 1 is 1.29 bits per heavy atom. The topological polar surface area (TPSA) is 61.4 Å². The molecule has 0 aromatic heterocycles. The number of benzene rings is 1.